The van der Waals surface area contributed by atoms with Crippen LogP contribution in [0.5, 0.6) is 0 Å². The first kappa shape index (κ1) is 25.6. The molecule has 37 heavy (non-hydrogen) atoms. The summed E-state index contributed by atoms with van der Waals surface area (Å²) in [5, 5.41) is 14.1. The van der Waals surface area contributed by atoms with E-state index in [1.807, 2.05) is 47.1 Å². The number of pyridine rings is 1. The Morgan fingerprint density at radius 3 is 2.49 bits per heavy atom. The van der Waals surface area contributed by atoms with Gasteiger partial charge in [-0.1, -0.05) is 47.5 Å². The van der Waals surface area contributed by atoms with Crippen molar-refractivity contribution in [2.24, 2.45) is 5.10 Å². The molecule has 4 aromatic rings. The lowest BCUT2D eigenvalue weighted by Crippen LogP contribution is -2.37. The lowest BCUT2D eigenvalue weighted by Gasteiger charge is -2.25. The molecule has 190 valence electrons. The van der Waals surface area contributed by atoms with Crippen molar-refractivity contribution < 1.29 is 4.74 Å². The summed E-state index contributed by atoms with van der Waals surface area (Å²) >= 11 is 18.6. The van der Waals surface area contributed by atoms with Crippen LogP contribution in [-0.2, 0) is 17.8 Å². The molecule has 0 bridgehead atoms. The van der Waals surface area contributed by atoms with Gasteiger partial charge in [-0.05, 0) is 53.7 Å². The summed E-state index contributed by atoms with van der Waals surface area (Å²) < 4.78 is 9.54. The molecule has 11 heteroatoms. The molecule has 2 aromatic heterocycles. The highest BCUT2D eigenvalue weighted by Gasteiger charge is 2.17. The Labute approximate surface area is 230 Å². The Hall–Kier alpha value is -3.08. The molecule has 8 nitrogen and oxygen atoms in total. The molecule has 0 atom stereocenters. The van der Waals surface area contributed by atoms with E-state index in [1.54, 1.807) is 35.4 Å². The standard InChI is InChI=1S/C26H25Cl2N7OS/c27-21-5-3-6-22(28)25(21)31-23-7-2-1-4-20(23)16-24-32-34(18-33-12-14-36-15-13-33)26(37)35(24)30-17-19-8-10-29-11-9-19/h1-11,17,31H,12-16,18H2/b30-17+. The number of nitrogens with one attached hydrogen (secondary N) is 1. The maximum absolute atomic E-state index is 6.42. The van der Waals surface area contributed by atoms with E-state index in [4.69, 9.17) is 50.4 Å². The summed E-state index contributed by atoms with van der Waals surface area (Å²) in [5.74, 6) is 0.711. The number of morpholine rings is 1. The van der Waals surface area contributed by atoms with Gasteiger partial charge in [0.2, 0.25) is 4.77 Å². The Morgan fingerprint density at radius 2 is 1.73 bits per heavy atom. The molecule has 1 saturated heterocycles. The Balaban J connectivity index is 1.49. The van der Waals surface area contributed by atoms with Gasteiger partial charge in [0.05, 0.1) is 41.8 Å². The third kappa shape index (κ3) is 6.26. The van der Waals surface area contributed by atoms with Gasteiger partial charge in [-0.25, -0.2) is 4.68 Å². The van der Waals surface area contributed by atoms with Crippen LogP contribution in [0.1, 0.15) is 17.0 Å². The van der Waals surface area contributed by atoms with Gasteiger partial charge >= 0.3 is 0 Å². The Morgan fingerprint density at radius 1 is 1.00 bits per heavy atom. The number of nitrogens with zero attached hydrogens (tertiary/aromatic N) is 6. The second-order valence-electron chi connectivity index (χ2n) is 8.46. The number of hydrogen-bond donors (Lipinski definition) is 1. The fourth-order valence-electron chi connectivity index (χ4n) is 3.99. The number of halogens is 2. The Kier molecular flexibility index (Phi) is 8.28. The molecule has 0 radical (unpaired) electrons. The predicted molar refractivity (Wildman–Crippen MR) is 150 cm³/mol. The topological polar surface area (TPSA) is 72.5 Å². The number of hydrogen-bond acceptors (Lipinski definition) is 7. The first-order valence-corrected chi connectivity index (χ1v) is 13.0. The van der Waals surface area contributed by atoms with Crippen LogP contribution in [0.15, 0.2) is 72.1 Å². The highest BCUT2D eigenvalue weighted by molar-refractivity contribution is 7.71. The second-order valence-corrected chi connectivity index (χ2v) is 9.64. The lowest BCUT2D eigenvalue weighted by atomic mass is 10.1. The van der Waals surface area contributed by atoms with Crippen molar-refractivity contribution >= 4 is 53.0 Å². The zero-order chi connectivity index (χ0) is 25.6. The van der Waals surface area contributed by atoms with Gasteiger partial charge in [0.1, 0.15) is 0 Å². The summed E-state index contributed by atoms with van der Waals surface area (Å²) in [6.45, 7) is 3.63. The van der Waals surface area contributed by atoms with Crippen molar-refractivity contribution in [3.05, 3.63) is 98.8 Å². The minimum absolute atomic E-state index is 0.485. The Bertz CT molecular complexity index is 1430. The van der Waals surface area contributed by atoms with Crippen molar-refractivity contribution in [2.75, 3.05) is 31.6 Å². The van der Waals surface area contributed by atoms with Gasteiger partial charge in [-0.3, -0.25) is 9.88 Å². The quantitative estimate of drug-likeness (QED) is 0.225. The third-order valence-electron chi connectivity index (χ3n) is 5.94. The summed E-state index contributed by atoms with van der Waals surface area (Å²) in [6, 6.07) is 17.2. The summed E-state index contributed by atoms with van der Waals surface area (Å²) in [7, 11) is 0. The van der Waals surface area contributed by atoms with Gasteiger partial charge in [-0.2, -0.15) is 14.9 Å². The number of rotatable bonds is 8. The number of anilines is 2. The van der Waals surface area contributed by atoms with Crippen LogP contribution in [0.3, 0.4) is 0 Å². The molecule has 1 aliphatic heterocycles. The monoisotopic (exact) mass is 553 g/mol. The van der Waals surface area contributed by atoms with Crippen LogP contribution < -0.4 is 5.32 Å². The molecular formula is C26H25Cl2N7OS. The minimum Gasteiger partial charge on any atom is -0.379 e. The molecular weight excluding hydrogens is 529 g/mol. The number of para-hydroxylation sites is 2. The van der Waals surface area contributed by atoms with E-state index in [1.165, 1.54) is 0 Å². The first-order valence-electron chi connectivity index (χ1n) is 11.8. The maximum atomic E-state index is 6.42. The summed E-state index contributed by atoms with van der Waals surface area (Å²) in [6.07, 6.45) is 5.70. The molecule has 1 aliphatic rings. The number of benzene rings is 2. The van der Waals surface area contributed by atoms with Crippen molar-refractivity contribution in [3.63, 3.8) is 0 Å². The molecule has 0 amide bonds. The number of ether oxygens (including phenoxy) is 1. The van der Waals surface area contributed by atoms with E-state index in [0.29, 0.717) is 52.6 Å². The first-order chi connectivity index (χ1) is 18.1. The van der Waals surface area contributed by atoms with E-state index in [-0.39, 0.29) is 0 Å². The van der Waals surface area contributed by atoms with E-state index in [0.717, 1.165) is 29.9 Å². The fourth-order valence-corrected chi connectivity index (χ4v) is 4.73. The molecule has 1 N–H and O–H groups in total. The van der Waals surface area contributed by atoms with Gasteiger partial charge in [0.15, 0.2) is 5.82 Å². The summed E-state index contributed by atoms with van der Waals surface area (Å²) in [5.41, 5.74) is 3.44. The number of aromatic nitrogens is 4. The molecule has 0 aliphatic carbocycles. The highest BCUT2D eigenvalue weighted by atomic mass is 35.5. The summed E-state index contributed by atoms with van der Waals surface area (Å²) in [4.78, 5) is 6.34. The van der Waals surface area contributed by atoms with Crippen LogP contribution in [0, 0.1) is 4.77 Å². The third-order valence-corrected chi connectivity index (χ3v) is 6.95. The van der Waals surface area contributed by atoms with Crippen LogP contribution in [0.25, 0.3) is 0 Å². The van der Waals surface area contributed by atoms with E-state index < -0.39 is 0 Å². The maximum Gasteiger partial charge on any atom is 0.220 e. The normalized spacial score (nSPS) is 14.3. The largest absolute Gasteiger partial charge is 0.379 e. The van der Waals surface area contributed by atoms with Crippen molar-refractivity contribution in [1.82, 2.24) is 24.3 Å². The van der Waals surface area contributed by atoms with E-state index >= 15 is 0 Å². The van der Waals surface area contributed by atoms with Gasteiger partial charge < -0.3 is 10.1 Å². The predicted octanol–water partition coefficient (Wildman–Crippen LogP) is 5.62. The molecule has 2 aromatic carbocycles. The molecule has 0 spiro atoms. The van der Waals surface area contributed by atoms with Gasteiger partial charge in [0.25, 0.3) is 0 Å². The average Bonchev–Trinajstić information content (AvgIpc) is 3.20. The van der Waals surface area contributed by atoms with E-state index in [9.17, 15) is 0 Å². The highest BCUT2D eigenvalue weighted by Crippen LogP contribution is 2.34. The molecule has 3 heterocycles. The molecule has 1 fully saturated rings. The van der Waals surface area contributed by atoms with Gasteiger partial charge in [0, 0.05) is 37.6 Å². The van der Waals surface area contributed by atoms with Crippen molar-refractivity contribution in [2.45, 2.75) is 13.1 Å². The molecule has 0 saturated carbocycles. The van der Waals surface area contributed by atoms with E-state index in [2.05, 4.69) is 15.2 Å². The molecule has 5 rings (SSSR count). The molecule has 0 unspecified atom stereocenters. The van der Waals surface area contributed by atoms with Crippen molar-refractivity contribution in [1.29, 1.82) is 0 Å². The smallest absolute Gasteiger partial charge is 0.220 e. The van der Waals surface area contributed by atoms with Crippen molar-refractivity contribution in [3.8, 4) is 0 Å². The second kappa shape index (κ2) is 12.0. The zero-order valence-corrected chi connectivity index (χ0v) is 22.3. The zero-order valence-electron chi connectivity index (χ0n) is 19.9. The van der Waals surface area contributed by atoms with Crippen LogP contribution in [0.4, 0.5) is 11.4 Å². The SMILES string of the molecule is S=c1n(CN2CCOCC2)nc(Cc2ccccc2Nc2c(Cl)cccc2Cl)n1/N=C/c1ccncc1. The lowest BCUT2D eigenvalue weighted by molar-refractivity contribution is 0.0209. The van der Waals surface area contributed by atoms with Crippen LogP contribution >= 0.6 is 35.4 Å². The van der Waals surface area contributed by atoms with Crippen LogP contribution in [-0.4, -0.2) is 56.9 Å². The fraction of sp³-hybridized carbons (Fsp3) is 0.231. The van der Waals surface area contributed by atoms with Gasteiger partial charge in [-0.15, -0.1) is 0 Å². The minimum atomic E-state index is 0.485. The van der Waals surface area contributed by atoms with Crippen LogP contribution in [0.2, 0.25) is 10.0 Å². The average molecular weight is 555 g/mol.